The van der Waals surface area contributed by atoms with Crippen LogP contribution in [0.25, 0.3) is 0 Å². The van der Waals surface area contributed by atoms with Gasteiger partial charge in [0.2, 0.25) is 0 Å². The number of H-pyrrole nitrogens is 1. The van der Waals surface area contributed by atoms with Crippen molar-refractivity contribution >= 4 is 5.91 Å². The summed E-state index contributed by atoms with van der Waals surface area (Å²) in [5, 5.41) is 9.67. The monoisotopic (exact) mass is 418 g/mol. The molecule has 1 amide bonds. The van der Waals surface area contributed by atoms with Crippen molar-refractivity contribution in [1.29, 1.82) is 0 Å². The van der Waals surface area contributed by atoms with Crippen molar-refractivity contribution in [2.45, 2.75) is 37.9 Å². The first-order valence-electron chi connectivity index (χ1n) is 9.49. The van der Waals surface area contributed by atoms with Gasteiger partial charge in [0.1, 0.15) is 11.5 Å². The van der Waals surface area contributed by atoms with Crippen molar-refractivity contribution in [1.82, 2.24) is 20.5 Å². The van der Waals surface area contributed by atoms with Crippen molar-refractivity contribution in [3.63, 3.8) is 0 Å². The molecule has 9 heteroatoms. The highest BCUT2D eigenvalue weighted by Crippen LogP contribution is 2.31. The molecular formula is C21H18F4N4O. The van der Waals surface area contributed by atoms with Crippen LogP contribution in [0.3, 0.4) is 0 Å². The molecule has 1 aromatic carbocycles. The lowest BCUT2D eigenvalue weighted by Gasteiger charge is -2.20. The van der Waals surface area contributed by atoms with Gasteiger partial charge in [0.05, 0.1) is 11.6 Å². The number of aromatic nitrogens is 3. The fourth-order valence-electron chi connectivity index (χ4n) is 3.65. The quantitative estimate of drug-likeness (QED) is 0.619. The molecule has 156 valence electrons. The molecule has 1 aliphatic carbocycles. The van der Waals surface area contributed by atoms with Gasteiger partial charge in [0, 0.05) is 17.5 Å². The molecule has 0 aliphatic heterocycles. The minimum Gasteiger partial charge on any atom is -0.338 e. The first kappa shape index (κ1) is 20.1. The maximum Gasteiger partial charge on any atom is 0.416 e. The third kappa shape index (κ3) is 3.92. The maximum absolute atomic E-state index is 14.4. The van der Waals surface area contributed by atoms with Crippen LogP contribution < -0.4 is 5.32 Å². The Balaban J connectivity index is 1.69. The summed E-state index contributed by atoms with van der Waals surface area (Å²) in [5.74, 6) is -1.21. The van der Waals surface area contributed by atoms with E-state index in [4.69, 9.17) is 0 Å². The minimum absolute atomic E-state index is 0.0880. The van der Waals surface area contributed by atoms with Crippen LogP contribution in [0.2, 0.25) is 0 Å². The molecule has 0 radical (unpaired) electrons. The van der Waals surface area contributed by atoms with Crippen LogP contribution >= 0.6 is 0 Å². The van der Waals surface area contributed by atoms with Gasteiger partial charge in [-0.25, -0.2) is 4.39 Å². The fourth-order valence-corrected chi connectivity index (χ4v) is 3.65. The van der Waals surface area contributed by atoms with E-state index in [-0.39, 0.29) is 17.0 Å². The number of aryl methyl sites for hydroxylation is 1. The Morgan fingerprint density at radius 1 is 1.10 bits per heavy atom. The van der Waals surface area contributed by atoms with E-state index in [1.165, 1.54) is 30.5 Å². The van der Waals surface area contributed by atoms with Gasteiger partial charge >= 0.3 is 6.18 Å². The van der Waals surface area contributed by atoms with Crippen LogP contribution in [0.15, 0.2) is 42.6 Å². The van der Waals surface area contributed by atoms with E-state index in [1.54, 1.807) is 0 Å². The van der Waals surface area contributed by atoms with E-state index in [0.29, 0.717) is 6.42 Å². The standard InChI is InChI=1S/C21H18F4N4O/c22-15-5-3-11-26-19(15)17(12-7-9-13(10-8-12)21(23,24)25)27-20(30)18-14-4-1-2-6-16(14)28-29-18/h3,5,7-11,17H,1-2,4,6H2,(H,27,30)(H,28,29). The highest BCUT2D eigenvalue weighted by atomic mass is 19.4. The summed E-state index contributed by atoms with van der Waals surface area (Å²) in [5.41, 5.74) is 1.30. The highest BCUT2D eigenvalue weighted by Gasteiger charge is 2.31. The number of amides is 1. The summed E-state index contributed by atoms with van der Waals surface area (Å²) in [4.78, 5) is 17.0. The van der Waals surface area contributed by atoms with Crippen molar-refractivity contribution in [3.8, 4) is 0 Å². The molecule has 1 aliphatic rings. The van der Waals surface area contributed by atoms with Gasteiger partial charge in [-0.1, -0.05) is 12.1 Å². The molecule has 2 N–H and O–H groups in total. The summed E-state index contributed by atoms with van der Waals surface area (Å²) in [6.07, 6.45) is 0.303. The van der Waals surface area contributed by atoms with E-state index in [2.05, 4.69) is 20.5 Å². The average molecular weight is 418 g/mol. The third-order valence-corrected chi connectivity index (χ3v) is 5.18. The molecule has 0 bridgehead atoms. The predicted octanol–water partition coefficient (Wildman–Crippen LogP) is 4.36. The first-order chi connectivity index (χ1) is 14.3. The molecule has 30 heavy (non-hydrogen) atoms. The minimum atomic E-state index is -4.50. The van der Waals surface area contributed by atoms with Crippen molar-refractivity contribution in [3.05, 3.63) is 82.2 Å². The SMILES string of the molecule is O=C(NC(c1ccc(C(F)(F)F)cc1)c1ncccc1F)c1n[nH]c2c1CCCC2. The number of alkyl halides is 3. The number of pyridine rings is 1. The summed E-state index contributed by atoms with van der Waals surface area (Å²) < 4.78 is 53.2. The number of benzene rings is 1. The Bertz CT molecular complexity index is 1060. The summed E-state index contributed by atoms with van der Waals surface area (Å²) in [6, 6.07) is 5.72. The smallest absolute Gasteiger partial charge is 0.338 e. The van der Waals surface area contributed by atoms with E-state index < -0.39 is 29.5 Å². The number of nitrogens with one attached hydrogen (secondary N) is 2. The molecule has 2 aromatic heterocycles. The Morgan fingerprint density at radius 2 is 1.83 bits per heavy atom. The number of rotatable bonds is 4. The summed E-state index contributed by atoms with van der Waals surface area (Å²) in [7, 11) is 0. The average Bonchev–Trinajstić information content (AvgIpc) is 3.16. The molecular weight excluding hydrogens is 400 g/mol. The van der Waals surface area contributed by atoms with Gasteiger partial charge in [-0.2, -0.15) is 18.3 Å². The molecule has 0 saturated heterocycles. The molecule has 4 rings (SSSR count). The topological polar surface area (TPSA) is 70.7 Å². The number of hydrogen-bond donors (Lipinski definition) is 2. The second kappa shape index (κ2) is 7.89. The van der Waals surface area contributed by atoms with Crippen LogP contribution in [-0.2, 0) is 19.0 Å². The van der Waals surface area contributed by atoms with Gasteiger partial charge in [0.25, 0.3) is 5.91 Å². The Labute approximate surface area is 169 Å². The van der Waals surface area contributed by atoms with Gasteiger partial charge in [-0.3, -0.25) is 14.9 Å². The van der Waals surface area contributed by atoms with Crippen molar-refractivity contribution in [2.24, 2.45) is 0 Å². The zero-order valence-corrected chi connectivity index (χ0v) is 15.8. The van der Waals surface area contributed by atoms with Crippen molar-refractivity contribution < 1.29 is 22.4 Å². The zero-order valence-electron chi connectivity index (χ0n) is 15.8. The van der Waals surface area contributed by atoms with Gasteiger partial charge in [-0.05, 0) is 55.5 Å². The number of nitrogens with zero attached hydrogens (tertiary/aromatic N) is 2. The zero-order chi connectivity index (χ0) is 21.3. The maximum atomic E-state index is 14.4. The Hall–Kier alpha value is -3.23. The van der Waals surface area contributed by atoms with E-state index >= 15 is 0 Å². The van der Waals surface area contributed by atoms with Crippen LogP contribution in [-0.4, -0.2) is 21.1 Å². The second-order valence-corrected chi connectivity index (χ2v) is 7.13. The highest BCUT2D eigenvalue weighted by molar-refractivity contribution is 5.94. The Morgan fingerprint density at radius 3 is 2.53 bits per heavy atom. The third-order valence-electron chi connectivity index (χ3n) is 5.18. The van der Waals surface area contributed by atoms with Crippen LogP contribution in [0, 0.1) is 5.82 Å². The second-order valence-electron chi connectivity index (χ2n) is 7.13. The van der Waals surface area contributed by atoms with E-state index in [1.807, 2.05) is 0 Å². The van der Waals surface area contributed by atoms with E-state index in [0.717, 1.165) is 42.7 Å². The van der Waals surface area contributed by atoms with Crippen LogP contribution in [0.5, 0.6) is 0 Å². The van der Waals surface area contributed by atoms with Gasteiger partial charge in [0.15, 0.2) is 5.69 Å². The first-order valence-corrected chi connectivity index (χ1v) is 9.49. The molecule has 1 unspecified atom stereocenters. The summed E-state index contributed by atoms with van der Waals surface area (Å²) >= 11 is 0. The number of hydrogen-bond acceptors (Lipinski definition) is 3. The number of carbonyl (C=O) groups is 1. The largest absolute Gasteiger partial charge is 0.416 e. The molecule has 3 aromatic rings. The Kier molecular flexibility index (Phi) is 5.27. The van der Waals surface area contributed by atoms with E-state index in [9.17, 15) is 22.4 Å². The number of carbonyl (C=O) groups excluding carboxylic acids is 1. The fraction of sp³-hybridized carbons (Fsp3) is 0.286. The molecule has 0 saturated carbocycles. The normalized spacial score (nSPS) is 14.8. The predicted molar refractivity (Wildman–Crippen MR) is 100 cm³/mol. The van der Waals surface area contributed by atoms with Gasteiger partial charge < -0.3 is 5.32 Å². The summed E-state index contributed by atoms with van der Waals surface area (Å²) in [6.45, 7) is 0. The number of fused-ring (bicyclic) bond motifs is 1. The molecule has 5 nitrogen and oxygen atoms in total. The molecule has 1 atom stereocenters. The lowest BCUT2D eigenvalue weighted by atomic mass is 9.95. The molecule has 0 fully saturated rings. The lowest BCUT2D eigenvalue weighted by molar-refractivity contribution is -0.137. The van der Waals surface area contributed by atoms with Gasteiger partial charge in [-0.15, -0.1) is 0 Å². The molecule has 2 heterocycles. The number of halogens is 4. The van der Waals surface area contributed by atoms with Crippen LogP contribution in [0.1, 0.15) is 57.5 Å². The number of aromatic amines is 1. The van der Waals surface area contributed by atoms with Crippen molar-refractivity contribution in [2.75, 3.05) is 0 Å². The van der Waals surface area contributed by atoms with Crippen LogP contribution in [0.4, 0.5) is 17.6 Å². The molecule has 0 spiro atoms. The lowest BCUT2D eigenvalue weighted by Crippen LogP contribution is -2.31.